The molecule has 0 aliphatic carbocycles. The molecule has 1 aromatic rings. The van der Waals surface area contributed by atoms with E-state index < -0.39 is 5.91 Å². The van der Waals surface area contributed by atoms with Crippen LogP contribution in [-0.2, 0) is 4.79 Å². The van der Waals surface area contributed by atoms with Crippen LogP contribution in [0.4, 0.5) is 0 Å². The van der Waals surface area contributed by atoms with Crippen molar-refractivity contribution in [1.82, 2.24) is 0 Å². The van der Waals surface area contributed by atoms with Gasteiger partial charge < -0.3 is 10.5 Å². The molecule has 74 valence electrons. The highest BCUT2D eigenvalue weighted by Crippen LogP contribution is 2.24. The third-order valence-corrected chi connectivity index (χ3v) is 2.12. The lowest BCUT2D eigenvalue weighted by molar-refractivity contribution is -0.113. The first-order valence-electron chi connectivity index (χ1n) is 3.94. The monoisotopic (exact) mass is 255 g/mol. The maximum absolute atomic E-state index is 10.5. The molecular weight excluding hydrogens is 246 g/mol. The van der Waals surface area contributed by atoms with Gasteiger partial charge >= 0.3 is 0 Å². The van der Waals surface area contributed by atoms with Gasteiger partial charge in [0.05, 0.1) is 7.11 Å². The molecule has 0 aromatic heterocycles. The molecule has 2 N–H and O–H groups in total. The zero-order valence-electron chi connectivity index (χ0n) is 7.66. The summed E-state index contributed by atoms with van der Waals surface area (Å²) in [6.45, 7) is 0. The van der Waals surface area contributed by atoms with Crippen LogP contribution in [0, 0.1) is 0 Å². The summed E-state index contributed by atoms with van der Waals surface area (Å²) >= 11 is 3.32. The van der Waals surface area contributed by atoms with E-state index in [1.807, 2.05) is 18.2 Å². The average molecular weight is 256 g/mol. The molecule has 0 saturated heterocycles. The smallest absolute Gasteiger partial charge is 0.241 e. The van der Waals surface area contributed by atoms with Crippen LogP contribution < -0.4 is 10.5 Å². The van der Waals surface area contributed by atoms with Crippen LogP contribution in [0.1, 0.15) is 5.56 Å². The Morgan fingerprint density at radius 3 is 2.86 bits per heavy atom. The molecule has 14 heavy (non-hydrogen) atoms. The summed E-state index contributed by atoms with van der Waals surface area (Å²) in [4.78, 5) is 10.5. The zero-order chi connectivity index (χ0) is 10.6. The Kier molecular flexibility index (Phi) is 3.71. The summed E-state index contributed by atoms with van der Waals surface area (Å²) in [5, 5.41) is 0. The summed E-state index contributed by atoms with van der Waals surface area (Å²) in [5.74, 6) is 0.215. The topological polar surface area (TPSA) is 52.3 Å². The fourth-order valence-electron chi connectivity index (χ4n) is 0.995. The largest absolute Gasteiger partial charge is 0.496 e. The SMILES string of the molecule is COc1cc(Br)ccc1/C=C/C(N)=O. The predicted molar refractivity (Wildman–Crippen MR) is 58.9 cm³/mol. The minimum absolute atomic E-state index is 0.477. The molecule has 0 unspecified atom stereocenters. The number of carbonyl (C=O) groups excluding carboxylic acids is 1. The number of benzene rings is 1. The summed E-state index contributed by atoms with van der Waals surface area (Å²) in [5.41, 5.74) is 5.80. The van der Waals surface area contributed by atoms with Gasteiger partial charge in [0.25, 0.3) is 0 Å². The number of halogens is 1. The van der Waals surface area contributed by atoms with Crippen molar-refractivity contribution in [2.75, 3.05) is 7.11 Å². The second-order valence-corrected chi connectivity index (χ2v) is 3.54. The van der Waals surface area contributed by atoms with Gasteiger partial charge in [-0.15, -0.1) is 0 Å². The average Bonchev–Trinajstić information content (AvgIpc) is 2.15. The predicted octanol–water partition coefficient (Wildman–Crippen LogP) is 1.96. The quantitative estimate of drug-likeness (QED) is 0.840. The Balaban J connectivity index is 3.02. The second kappa shape index (κ2) is 4.81. The molecule has 0 fully saturated rings. The summed E-state index contributed by atoms with van der Waals surface area (Å²) in [6, 6.07) is 5.52. The highest BCUT2D eigenvalue weighted by Gasteiger charge is 1.99. The number of rotatable bonds is 3. The molecule has 0 aliphatic rings. The van der Waals surface area contributed by atoms with Gasteiger partial charge in [-0.05, 0) is 18.2 Å². The van der Waals surface area contributed by atoms with Crippen LogP contribution >= 0.6 is 15.9 Å². The van der Waals surface area contributed by atoms with E-state index in [-0.39, 0.29) is 0 Å². The second-order valence-electron chi connectivity index (χ2n) is 2.62. The summed E-state index contributed by atoms with van der Waals surface area (Å²) < 4.78 is 6.05. The molecule has 0 spiro atoms. The van der Waals surface area contributed by atoms with E-state index in [1.54, 1.807) is 13.2 Å². The van der Waals surface area contributed by atoms with Gasteiger partial charge in [-0.3, -0.25) is 4.79 Å². The number of primary amides is 1. The summed E-state index contributed by atoms with van der Waals surface area (Å²) in [7, 11) is 1.57. The molecular formula is C10H10BrNO2. The molecule has 0 aliphatic heterocycles. The lowest BCUT2D eigenvalue weighted by atomic mass is 10.2. The summed E-state index contributed by atoms with van der Waals surface area (Å²) in [6.07, 6.45) is 2.92. The molecule has 0 radical (unpaired) electrons. The fourth-order valence-corrected chi connectivity index (χ4v) is 1.33. The Morgan fingerprint density at radius 1 is 1.57 bits per heavy atom. The van der Waals surface area contributed by atoms with Crippen molar-refractivity contribution >= 4 is 27.9 Å². The molecule has 3 nitrogen and oxygen atoms in total. The first-order valence-corrected chi connectivity index (χ1v) is 4.74. The van der Waals surface area contributed by atoms with Crippen LogP contribution in [-0.4, -0.2) is 13.0 Å². The van der Waals surface area contributed by atoms with Crippen LogP contribution in [0.5, 0.6) is 5.75 Å². The van der Waals surface area contributed by atoms with Gasteiger partial charge in [-0.2, -0.15) is 0 Å². The molecule has 1 aromatic carbocycles. The molecule has 1 rings (SSSR count). The zero-order valence-corrected chi connectivity index (χ0v) is 9.24. The van der Waals surface area contributed by atoms with Crippen molar-refractivity contribution in [3.05, 3.63) is 34.3 Å². The van der Waals surface area contributed by atoms with E-state index in [9.17, 15) is 4.79 Å². The van der Waals surface area contributed by atoms with Crippen molar-refractivity contribution in [1.29, 1.82) is 0 Å². The first-order chi connectivity index (χ1) is 6.63. The van der Waals surface area contributed by atoms with Gasteiger partial charge in [0, 0.05) is 16.1 Å². The number of carbonyl (C=O) groups is 1. The van der Waals surface area contributed by atoms with Crippen molar-refractivity contribution < 1.29 is 9.53 Å². The minimum atomic E-state index is -0.477. The van der Waals surface area contributed by atoms with Gasteiger partial charge in [-0.25, -0.2) is 0 Å². The number of hydrogen-bond donors (Lipinski definition) is 1. The standard InChI is InChI=1S/C10H10BrNO2/c1-14-9-6-8(11)4-2-7(9)3-5-10(12)13/h2-6H,1H3,(H2,12,13)/b5-3+. The van der Waals surface area contributed by atoms with Crippen molar-refractivity contribution in [3.8, 4) is 5.75 Å². The van der Waals surface area contributed by atoms with Gasteiger partial charge in [0.2, 0.25) is 5.91 Å². The van der Waals surface area contributed by atoms with E-state index in [0.717, 1.165) is 10.0 Å². The molecule has 0 heterocycles. The number of nitrogens with two attached hydrogens (primary N) is 1. The van der Waals surface area contributed by atoms with Crippen molar-refractivity contribution in [2.24, 2.45) is 5.73 Å². The van der Waals surface area contributed by atoms with E-state index in [4.69, 9.17) is 10.5 Å². The molecule has 0 bridgehead atoms. The maximum Gasteiger partial charge on any atom is 0.241 e. The van der Waals surface area contributed by atoms with E-state index >= 15 is 0 Å². The third kappa shape index (κ3) is 2.88. The van der Waals surface area contributed by atoms with E-state index in [1.165, 1.54) is 6.08 Å². The molecule has 0 saturated carbocycles. The Bertz CT molecular complexity index is 374. The normalized spacial score (nSPS) is 10.4. The van der Waals surface area contributed by atoms with Gasteiger partial charge in [0.15, 0.2) is 0 Å². The lowest BCUT2D eigenvalue weighted by Gasteiger charge is -2.04. The van der Waals surface area contributed by atoms with Crippen LogP contribution in [0.3, 0.4) is 0 Å². The highest BCUT2D eigenvalue weighted by atomic mass is 79.9. The Morgan fingerprint density at radius 2 is 2.29 bits per heavy atom. The van der Waals surface area contributed by atoms with Crippen LogP contribution in [0.2, 0.25) is 0 Å². The van der Waals surface area contributed by atoms with Gasteiger partial charge in [-0.1, -0.05) is 22.0 Å². The molecule has 1 amide bonds. The van der Waals surface area contributed by atoms with Crippen LogP contribution in [0.15, 0.2) is 28.7 Å². The first kappa shape index (κ1) is 10.8. The van der Waals surface area contributed by atoms with Crippen molar-refractivity contribution in [2.45, 2.75) is 0 Å². The van der Waals surface area contributed by atoms with Gasteiger partial charge in [0.1, 0.15) is 5.75 Å². The van der Waals surface area contributed by atoms with Crippen molar-refractivity contribution in [3.63, 3.8) is 0 Å². The van der Waals surface area contributed by atoms with E-state index in [0.29, 0.717) is 5.75 Å². The highest BCUT2D eigenvalue weighted by molar-refractivity contribution is 9.10. The maximum atomic E-state index is 10.5. The number of methoxy groups -OCH3 is 1. The minimum Gasteiger partial charge on any atom is -0.496 e. The third-order valence-electron chi connectivity index (χ3n) is 1.62. The van der Waals surface area contributed by atoms with Crippen LogP contribution in [0.25, 0.3) is 6.08 Å². The molecule has 0 atom stereocenters. The Hall–Kier alpha value is -1.29. The number of amides is 1. The lowest BCUT2D eigenvalue weighted by Crippen LogP contribution is -2.05. The molecule has 4 heteroatoms. The number of ether oxygens (including phenoxy) is 1. The van der Waals surface area contributed by atoms with E-state index in [2.05, 4.69) is 15.9 Å². The fraction of sp³-hybridized carbons (Fsp3) is 0.100. The number of hydrogen-bond acceptors (Lipinski definition) is 2. The Labute approximate surface area is 90.7 Å².